The number of nitrogens with zero attached hydrogens (tertiary/aromatic N) is 1. The monoisotopic (exact) mass is 211 g/mol. The van der Waals surface area contributed by atoms with Crippen LogP contribution in [0.1, 0.15) is 53.9 Å². The van der Waals surface area contributed by atoms with E-state index in [0.29, 0.717) is 18.4 Å². The molecule has 0 aromatic heterocycles. The SMILES string of the molecule is CCC(=O)N(CC1CC1)[C@H](C)C(C)(C)C. The largest absolute Gasteiger partial charge is 0.339 e. The Hall–Kier alpha value is -0.530. The summed E-state index contributed by atoms with van der Waals surface area (Å²) in [6, 6.07) is 0.338. The Morgan fingerprint density at radius 2 is 1.93 bits per heavy atom. The summed E-state index contributed by atoms with van der Waals surface area (Å²) >= 11 is 0. The number of carbonyl (C=O) groups is 1. The summed E-state index contributed by atoms with van der Waals surface area (Å²) in [6.45, 7) is 11.7. The van der Waals surface area contributed by atoms with Crippen molar-refractivity contribution in [3.63, 3.8) is 0 Å². The van der Waals surface area contributed by atoms with Crippen molar-refractivity contribution < 1.29 is 4.79 Å². The lowest BCUT2D eigenvalue weighted by Gasteiger charge is -2.38. The van der Waals surface area contributed by atoms with Crippen molar-refractivity contribution >= 4 is 5.91 Å². The Bertz CT molecular complexity index is 225. The van der Waals surface area contributed by atoms with Crippen molar-refractivity contribution in [3.05, 3.63) is 0 Å². The molecule has 0 aliphatic heterocycles. The van der Waals surface area contributed by atoms with Gasteiger partial charge in [0.05, 0.1) is 0 Å². The van der Waals surface area contributed by atoms with Gasteiger partial charge in [0.25, 0.3) is 0 Å². The zero-order valence-electron chi connectivity index (χ0n) is 10.8. The molecule has 2 nitrogen and oxygen atoms in total. The van der Waals surface area contributed by atoms with Crippen LogP contribution in [0.4, 0.5) is 0 Å². The molecule has 1 fully saturated rings. The fourth-order valence-electron chi connectivity index (χ4n) is 1.73. The van der Waals surface area contributed by atoms with Gasteiger partial charge >= 0.3 is 0 Å². The minimum atomic E-state index is 0.180. The normalized spacial score (nSPS) is 18.7. The first-order valence-electron chi connectivity index (χ1n) is 6.15. The van der Waals surface area contributed by atoms with Gasteiger partial charge in [0.15, 0.2) is 0 Å². The zero-order valence-corrected chi connectivity index (χ0v) is 10.8. The molecular weight excluding hydrogens is 186 g/mol. The van der Waals surface area contributed by atoms with E-state index in [0.717, 1.165) is 12.5 Å². The van der Waals surface area contributed by atoms with Crippen molar-refractivity contribution in [2.45, 2.75) is 59.9 Å². The molecule has 1 rings (SSSR count). The summed E-state index contributed by atoms with van der Waals surface area (Å²) in [5.74, 6) is 1.09. The maximum absolute atomic E-state index is 11.9. The third-order valence-corrected chi connectivity index (χ3v) is 3.50. The van der Waals surface area contributed by atoms with Crippen molar-refractivity contribution in [3.8, 4) is 0 Å². The Labute approximate surface area is 94.0 Å². The van der Waals surface area contributed by atoms with E-state index in [1.54, 1.807) is 0 Å². The predicted octanol–water partition coefficient (Wildman–Crippen LogP) is 3.07. The highest BCUT2D eigenvalue weighted by Crippen LogP contribution is 2.33. The van der Waals surface area contributed by atoms with Gasteiger partial charge in [0, 0.05) is 19.0 Å². The number of rotatable bonds is 4. The molecule has 0 spiro atoms. The van der Waals surface area contributed by atoms with Gasteiger partial charge in [0.2, 0.25) is 5.91 Å². The van der Waals surface area contributed by atoms with Crippen LogP contribution in [0.5, 0.6) is 0 Å². The molecule has 2 heteroatoms. The minimum absolute atomic E-state index is 0.180. The molecule has 0 unspecified atom stereocenters. The summed E-state index contributed by atoms with van der Waals surface area (Å²) in [7, 11) is 0. The maximum atomic E-state index is 11.9. The molecule has 0 N–H and O–H groups in total. The first-order chi connectivity index (χ1) is 6.86. The second-order valence-corrected chi connectivity index (χ2v) is 5.89. The summed E-state index contributed by atoms with van der Waals surface area (Å²) < 4.78 is 0. The first kappa shape index (κ1) is 12.5. The molecule has 0 heterocycles. The maximum Gasteiger partial charge on any atom is 0.222 e. The molecule has 1 amide bonds. The van der Waals surface area contributed by atoms with Crippen LogP contribution in [0.3, 0.4) is 0 Å². The van der Waals surface area contributed by atoms with Gasteiger partial charge in [-0.3, -0.25) is 4.79 Å². The lowest BCUT2D eigenvalue weighted by atomic mass is 9.86. The highest BCUT2D eigenvalue weighted by molar-refractivity contribution is 5.76. The molecule has 0 saturated heterocycles. The molecular formula is C13H25NO. The van der Waals surface area contributed by atoms with Crippen LogP contribution in [0, 0.1) is 11.3 Å². The third-order valence-electron chi connectivity index (χ3n) is 3.50. The number of hydrogen-bond acceptors (Lipinski definition) is 1. The molecule has 1 aliphatic rings. The summed E-state index contributed by atoms with van der Waals surface area (Å²) in [4.78, 5) is 14.0. The van der Waals surface area contributed by atoms with E-state index in [9.17, 15) is 4.79 Å². The molecule has 0 bridgehead atoms. The van der Waals surface area contributed by atoms with Gasteiger partial charge in [-0.1, -0.05) is 27.7 Å². The van der Waals surface area contributed by atoms with Crippen LogP contribution in [0.15, 0.2) is 0 Å². The molecule has 1 atom stereocenters. The van der Waals surface area contributed by atoms with Crippen LogP contribution in [0.2, 0.25) is 0 Å². The quantitative estimate of drug-likeness (QED) is 0.700. The molecule has 0 aromatic carbocycles. The van der Waals surface area contributed by atoms with Crippen molar-refractivity contribution in [1.82, 2.24) is 4.90 Å². The lowest BCUT2D eigenvalue weighted by molar-refractivity contribution is -0.135. The smallest absolute Gasteiger partial charge is 0.222 e. The van der Waals surface area contributed by atoms with Gasteiger partial charge in [0.1, 0.15) is 0 Å². The number of amides is 1. The first-order valence-corrected chi connectivity index (χ1v) is 6.15. The molecule has 15 heavy (non-hydrogen) atoms. The minimum Gasteiger partial charge on any atom is -0.339 e. The molecule has 1 aliphatic carbocycles. The fourth-order valence-corrected chi connectivity index (χ4v) is 1.73. The van der Waals surface area contributed by atoms with Crippen LogP contribution >= 0.6 is 0 Å². The van der Waals surface area contributed by atoms with E-state index in [-0.39, 0.29) is 5.41 Å². The Kier molecular flexibility index (Phi) is 3.80. The molecule has 88 valence electrons. The second-order valence-electron chi connectivity index (χ2n) is 5.89. The van der Waals surface area contributed by atoms with E-state index in [2.05, 4.69) is 32.6 Å². The summed E-state index contributed by atoms with van der Waals surface area (Å²) in [6.07, 6.45) is 3.25. The van der Waals surface area contributed by atoms with Crippen molar-refractivity contribution in [2.24, 2.45) is 11.3 Å². The Morgan fingerprint density at radius 1 is 1.40 bits per heavy atom. The van der Waals surface area contributed by atoms with Gasteiger partial charge < -0.3 is 4.90 Å². The zero-order chi connectivity index (χ0) is 11.6. The molecule has 0 aromatic rings. The van der Waals surface area contributed by atoms with Crippen molar-refractivity contribution in [1.29, 1.82) is 0 Å². The van der Waals surface area contributed by atoms with Crippen LogP contribution in [-0.4, -0.2) is 23.4 Å². The lowest BCUT2D eigenvalue weighted by Crippen LogP contribution is -2.46. The van der Waals surface area contributed by atoms with E-state index >= 15 is 0 Å². The third kappa shape index (κ3) is 3.51. The molecule has 1 saturated carbocycles. The average molecular weight is 211 g/mol. The van der Waals surface area contributed by atoms with Crippen LogP contribution in [0.25, 0.3) is 0 Å². The van der Waals surface area contributed by atoms with Crippen molar-refractivity contribution in [2.75, 3.05) is 6.54 Å². The van der Waals surface area contributed by atoms with Gasteiger partial charge in [-0.2, -0.15) is 0 Å². The van der Waals surface area contributed by atoms with Crippen LogP contribution < -0.4 is 0 Å². The average Bonchev–Trinajstić information content (AvgIpc) is 2.94. The van der Waals surface area contributed by atoms with Gasteiger partial charge in [-0.25, -0.2) is 0 Å². The van der Waals surface area contributed by atoms with E-state index < -0.39 is 0 Å². The molecule has 0 radical (unpaired) electrons. The topological polar surface area (TPSA) is 20.3 Å². The summed E-state index contributed by atoms with van der Waals surface area (Å²) in [5, 5.41) is 0. The Balaban J connectivity index is 2.65. The van der Waals surface area contributed by atoms with E-state index in [1.165, 1.54) is 12.8 Å². The highest BCUT2D eigenvalue weighted by Gasteiger charge is 2.33. The van der Waals surface area contributed by atoms with Crippen LogP contribution in [-0.2, 0) is 4.79 Å². The second kappa shape index (κ2) is 4.54. The van der Waals surface area contributed by atoms with E-state index in [4.69, 9.17) is 0 Å². The van der Waals surface area contributed by atoms with Gasteiger partial charge in [-0.15, -0.1) is 0 Å². The Morgan fingerprint density at radius 3 is 2.27 bits per heavy atom. The number of hydrogen-bond donors (Lipinski definition) is 0. The summed E-state index contributed by atoms with van der Waals surface area (Å²) in [5.41, 5.74) is 0.180. The standard InChI is InChI=1S/C13H25NO/c1-6-12(15)14(9-11-7-8-11)10(2)13(3,4)5/h10-11H,6-9H2,1-5H3/t10-/m1/s1. The van der Waals surface area contributed by atoms with Gasteiger partial charge in [-0.05, 0) is 31.1 Å². The number of carbonyl (C=O) groups excluding carboxylic acids is 1. The predicted molar refractivity (Wildman–Crippen MR) is 63.6 cm³/mol. The highest BCUT2D eigenvalue weighted by atomic mass is 16.2. The fraction of sp³-hybridized carbons (Fsp3) is 0.923. The van der Waals surface area contributed by atoms with E-state index in [1.807, 2.05) is 6.92 Å².